The SMILES string of the molecule is CC(C)c1cccc(NC(=O)C(N)CO)c1. The summed E-state index contributed by atoms with van der Waals surface area (Å²) in [6, 6.07) is 6.73. The maximum atomic E-state index is 11.4. The van der Waals surface area contributed by atoms with Crippen LogP contribution in [0.15, 0.2) is 24.3 Å². The highest BCUT2D eigenvalue weighted by Crippen LogP contribution is 2.18. The summed E-state index contributed by atoms with van der Waals surface area (Å²) >= 11 is 0. The molecule has 0 aliphatic carbocycles. The number of carbonyl (C=O) groups excluding carboxylic acids is 1. The topological polar surface area (TPSA) is 75.4 Å². The van der Waals surface area contributed by atoms with Gasteiger partial charge in [0, 0.05) is 5.69 Å². The van der Waals surface area contributed by atoms with E-state index in [2.05, 4.69) is 19.2 Å². The minimum Gasteiger partial charge on any atom is -0.394 e. The molecule has 1 aromatic carbocycles. The standard InChI is InChI=1S/C12H18N2O2/c1-8(2)9-4-3-5-10(6-9)14-12(16)11(13)7-15/h3-6,8,11,15H,7,13H2,1-2H3,(H,14,16). The minimum absolute atomic E-state index is 0.351. The van der Waals surface area contributed by atoms with Crippen molar-refractivity contribution in [3.8, 4) is 0 Å². The molecule has 0 spiro atoms. The van der Waals surface area contributed by atoms with Crippen LogP contribution in [0.1, 0.15) is 25.3 Å². The van der Waals surface area contributed by atoms with Crippen molar-refractivity contribution in [2.75, 3.05) is 11.9 Å². The third-order valence-corrected chi connectivity index (χ3v) is 2.35. The normalized spacial score (nSPS) is 12.6. The van der Waals surface area contributed by atoms with Gasteiger partial charge in [0.1, 0.15) is 6.04 Å². The first-order chi connectivity index (χ1) is 7.54. The van der Waals surface area contributed by atoms with Crippen molar-refractivity contribution >= 4 is 11.6 Å². The van der Waals surface area contributed by atoms with Crippen molar-refractivity contribution in [1.82, 2.24) is 0 Å². The van der Waals surface area contributed by atoms with E-state index in [1.165, 1.54) is 0 Å². The van der Waals surface area contributed by atoms with E-state index in [9.17, 15) is 4.79 Å². The second-order valence-electron chi connectivity index (χ2n) is 4.06. The summed E-state index contributed by atoms with van der Waals surface area (Å²) in [4.78, 5) is 11.4. The van der Waals surface area contributed by atoms with Crippen LogP contribution in [0.3, 0.4) is 0 Å². The summed E-state index contributed by atoms with van der Waals surface area (Å²) < 4.78 is 0. The van der Waals surface area contributed by atoms with Gasteiger partial charge in [0.25, 0.3) is 0 Å². The van der Waals surface area contributed by atoms with Gasteiger partial charge in [-0.25, -0.2) is 0 Å². The van der Waals surface area contributed by atoms with Gasteiger partial charge in [-0.15, -0.1) is 0 Å². The molecule has 0 radical (unpaired) electrons. The zero-order valence-electron chi connectivity index (χ0n) is 9.60. The molecule has 0 saturated carbocycles. The molecule has 16 heavy (non-hydrogen) atoms. The van der Waals surface area contributed by atoms with Crippen molar-refractivity contribution in [3.05, 3.63) is 29.8 Å². The average Bonchev–Trinajstić information content (AvgIpc) is 2.28. The lowest BCUT2D eigenvalue weighted by Crippen LogP contribution is -2.38. The third kappa shape index (κ3) is 3.32. The van der Waals surface area contributed by atoms with E-state index in [0.29, 0.717) is 11.6 Å². The Morgan fingerprint density at radius 1 is 1.50 bits per heavy atom. The van der Waals surface area contributed by atoms with Gasteiger partial charge in [0.05, 0.1) is 6.61 Å². The van der Waals surface area contributed by atoms with Crippen LogP contribution < -0.4 is 11.1 Å². The van der Waals surface area contributed by atoms with E-state index >= 15 is 0 Å². The van der Waals surface area contributed by atoms with Gasteiger partial charge in [0.15, 0.2) is 0 Å². The summed E-state index contributed by atoms with van der Waals surface area (Å²) in [5, 5.41) is 11.4. The maximum Gasteiger partial charge on any atom is 0.243 e. The molecule has 0 heterocycles. The van der Waals surface area contributed by atoms with Crippen LogP contribution in [0.25, 0.3) is 0 Å². The van der Waals surface area contributed by atoms with Gasteiger partial charge in [-0.2, -0.15) is 0 Å². The summed E-state index contributed by atoms with van der Waals surface area (Å²) in [6.07, 6.45) is 0. The van der Waals surface area contributed by atoms with Crippen LogP contribution >= 0.6 is 0 Å². The molecule has 1 unspecified atom stereocenters. The molecule has 4 heteroatoms. The van der Waals surface area contributed by atoms with Gasteiger partial charge >= 0.3 is 0 Å². The van der Waals surface area contributed by atoms with E-state index in [1.54, 1.807) is 6.07 Å². The van der Waals surface area contributed by atoms with Gasteiger partial charge < -0.3 is 16.2 Å². The highest BCUT2D eigenvalue weighted by molar-refractivity contribution is 5.94. The van der Waals surface area contributed by atoms with Crippen molar-refractivity contribution in [2.24, 2.45) is 5.73 Å². The van der Waals surface area contributed by atoms with Crippen LogP contribution in [-0.2, 0) is 4.79 Å². The number of nitrogens with one attached hydrogen (secondary N) is 1. The first-order valence-corrected chi connectivity index (χ1v) is 5.32. The Morgan fingerprint density at radius 2 is 2.19 bits per heavy atom. The molecule has 0 fully saturated rings. The molecule has 0 bridgehead atoms. The van der Waals surface area contributed by atoms with Crippen molar-refractivity contribution in [2.45, 2.75) is 25.8 Å². The smallest absolute Gasteiger partial charge is 0.243 e. The van der Waals surface area contributed by atoms with E-state index in [-0.39, 0.29) is 12.5 Å². The van der Waals surface area contributed by atoms with Crippen molar-refractivity contribution in [1.29, 1.82) is 0 Å². The molecule has 1 aromatic rings. The fourth-order valence-corrected chi connectivity index (χ4v) is 1.29. The fourth-order valence-electron chi connectivity index (χ4n) is 1.29. The van der Waals surface area contributed by atoms with Crippen LogP contribution in [0.5, 0.6) is 0 Å². The molecule has 4 N–H and O–H groups in total. The predicted octanol–water partition coefficient (Wildman–Crippen LogP) is 1.07. The van der Waals surface area contributed by atoms with Gasteiger partial charge in [-0.05, 0) is 23.6 Å². The third-order valence-electron chi connectivity index (χ3n) is 2.35. The number of carbonyl (C=O) groups is 1. The second-order valence-corrected chi connectivity index (χ2v) is 4.06. The highest BCUT2D eigenvalue weighted by Gasteiger charge is 2.12. The number of nitrogens with two attached hydrogens (primary N) is 1. The maximum absolute atomic E-state index is 11.4. The quantitative estimate of drug-likeness (QED) is 0.713. The van der Waals surface area contributed by atoms with Crippen LogP contribution in [0.4, 0.5) is 5.69 Å². The zero-order chi connectivity index (χ0) is 12.1. The second kappa shape index (κ2) is 5.63. The zero-order valence-corrected chi connectivity index (χ0v) is 9.60. The number of aliphatic hydroxyl groups excluding tert-OH is 1. The molecule has 88 valence electrons. The monoisotopic (exact) mass is 222 g/mol. The first kappa shape index (κ1) is 12.7. The number of hydrogen-bond donors (Lipinski definition) is 3. The van der Waals surface area contributed by atoms with E-state index in [1.807, 2.05) is 18.2 Å². The molecule has 4 nitrogen and oxygen atoms in total. The van der Waals surface area contributed by atoms with Gasteiger partial charge in [0.2, 0.25) is 5.91 Å². The molecule has 1 rings (SSSR count). The Labute approximate surface area is 95.5 Å². The predicted molar refractivity (Wildman–Crippen MR) is 64.2 cm³/mol. The van der Waals surface area contributed by atoms with Crippen LogP contribution in [-0.4, -0.2) is 23.7 Å². The van der Waals surface area contributed by atoms with Crippen molar-refractivity contribution in [3.63, 3.8) is 0 Å². The molecule has 0 aromatic heterocycles. The summed E-state index contributed by atoms with van der Waals surface area (Å²) in [7, 11) is 0. The number of amides is 1. The molecule has 1 atom stereocenters. The summed E-state index contributed by atoms with van der Waals surface area (Å²) in [6.45, 7) is 3.82. The fraction of sp³-hybridized carbons (Fsp3) is 0.417. The number of benzene rings is 1. The Balaban J connectivity index is 2.74. The number of anilines is 1. The number of rotatable bonds is 4. The highest BCUT2D eigenvalue weighted by atomic mass is 16.3. The minimum atomic E-state index is -0.872. The first-order valence-electron chi connectivity index (χ1n) is 5.32. The van der Waals surface area contributed by atoms with E-state index in [0.717, 1.165) is 5.56 Å². The lowest BCUT2D eigenvalue weighted by Gasteiger charge is -2.11. The lowest BCUT2D eigenvalue weighted by molar-refractivity contribution is -0.118. The van der Waals surface area contributed by atoms with E-state index < -0.39 is 6.04 Å². The Kier molecular flexibility index (Phi) is 4.46. The van der Waals surface area contributed by atoms with Crippen LogP contribution in [0, 0.1) is 0 Å². The Morgan fingerprint density at radius 3 is 2.75 bits per heavy atom. The number of aliphatic hydroxyl groups is 1. The molecule has 1 amide bonds. The number of hydrogen-bond acceptors (Lipinski definition) is 3. The molecular weight excluding hydrogens is 204 g/mol. The molecule has 0 saturated heterocycles. The van der Waals surface area contributed by atoms with Crippen LogP contribution in [0.2, 0.25) is 0 Å². The Hall–Kier alpha value is -1.39. The molecular formula is C12H18N2O2. The largest absolute Gasteiger partial charge is 0.394 e. The molecule has 0 aliphatic heterocycles. The van der Waals surface area contributed by atoms with Gasteiger partial charge in [-0.3, -0.25) is 4.79 Å². The summed E-state index contributed by atoms with van der Waals surface area (Å²) in [5.74, 6) is 0.0340. The van der Waals surface area contributed by atoms with Crippen molar-refractivity contribution < 1.29 is 9.90 Å². The van der Waals surface area contributed by atoms with E-state index in [4.69, 9.17) is 10.8 Å². The summed E-state index contributed by atoms with van der Waals surface area (Å²) in [5.41, 5.74) is 7.26. The molecule has 0 aliphatic rings. The van der Waals surface area contributed by atoms with Gasteiger partial charge in [-0.1, -0.05) is 26.0 Å². The average molecular weight is 222 g/mol. The lowest BCUT2D eigenvalue weighted by atomic mass is 10.0. The Bertz CT molecular complexity index is 364.